The van der Waals surface area contributed by atoms with Gasteiger partial charge in [0.15, 0.2) is 0 Å². The number of amides is 4. The third kappa shape index (κ3) is 4.30. The van der Waals surface area contributed by atoms with Gasteiger partial charge in [-0.3, -0.25) is 14.5 Å². The molecule has 1 aliphatic heterocycles. The summed E-state index contributed by atoms with van der Waals surface area (Å²) in [5.74, 6) is -0.531. The predicted molar refractivity (Wildman–Crippen MR) is 115 cm³/mol. The van der Waals surface area contributed by atoms with Gasteiger partial charge in [-0.05, 0) is 42.0 Å². The molecule has 0 aliphatic carbocycles. The molecule has 7 nitrogen and oxygen atoms in total. The number of benzene rings is 3. The maximum atomic E-state index is 12.9. The average Bonchev–Trinajstić information content (AvgIpc) is 3.07. The van der Waals surface area contributed by atoms with Crippen LogP contribution in [-0.2, 0) is 11.3 Å². The fraction of sp³-hybridized carbons (Fsp3) is 0.0870. The quantitative estimate of drug-likeness (QED) is 0.550. The number of carbonyl (C=O) groups is 3. The minimum atomic E-state index is -0.407. The van der Waals surface area contributed by atoms with Gasteiger partial charge in [0.25, 0.3) is 5.91 Å². The first-order valence-electron chi connectivity index (χ1n) is 9.50. The Bertz CT molecular complexity index is 1080. The van der Waals surface area contributed by atoms with Crippen molar-refractivity contribution >= 4 is 34.9 Å². The van der Waals surface area contributed by atoms with Crippen LogP contribution in [0.15, 0.2) is 78.9 Å². The van der Waals surface area contributed by atoms with Gasteiger partial charge in [0.05, 0.1) is 24.3 Å². The summed E-state index contributed by atoms with van der Waals surface area (Å²) in [4.78, 5) is 37.6. The molecule has 0 saturated carbocycles. The molecule has 1 saturated heterocycles. The summed E-state index contributed by atoms with van der Waals surface area (Å²) in [5.41, 5.74) is 3.40. The number of nitrogens with zero attached hydrogens (tertiary/aromatic N) is 1. The van der Waals surface area contributed by atoms with E-state index in [0.717, 1.165) is 16.2 Å². The minimum Gasteiger partial charge on any atom is -0.355 e. The summed E-state index contributed by atoms with van der Waals surface area (Å²) in [5, 5.41) is 8.64. The molecule has 7 heteroatoms. The molecule has 150 valence electrons. The summed E-state index contributed by atoms with van der Waals surface area (Å²) in [7, 11) is 0. The van der Waals surface area contributed by atoms with Crippen molar-refractivity contribution in [3.8, 4) is 0 Å². The van der Waals surface area contributed by atoms with E-state index in [0.29, 0.717) is 16.9 Å². The molecule has 0 aromatic heterocycles. The Balaban J connectivity index is 1.49. The van der Waals surface area contributed by atoms with Gasteiger partial charge in [-0.2, -0.15) is 0 Å². The van der Waals surface area contributed by atoms with Gasteiger partial charge < -0.3 is 16.0 Å². The SMILES string of the molecule is O=C(Nc1cccc(CN2C(=O)CNC2=O)c1)c1ccccc1Nc1ccccc1. The van der Waals surface area contributed by atoms with Crippen molar-refractivity contribution in [2.75, 3.05) is 17.2 Å². The van der Waals surface area contributed by atoms with Gasteiger partial charge >= 0.3 is 6.03 Å². The number of hydrogen-bond acceptors (Lipinski definition) is 4. The number of hydrogen-bond donors (Lipinski definition) is 3. The molecule has 1 aliphatic rings. The molecule has 4 amide bonds. The van der Waals surface area contributed by atoms with Crippen LogP contribution in [-0.4, -0.2) is 29.3 Å². The van der Waals surface area contributed by atoms with Crippen LogP contribution in [0, 0.1) is 0 Å². The smallest absolute Gasteiger partial charge is 0.324 e. The van der Waals surface area contributed by atoms with Crippen molar-refractivity contribution in [2.24, 2.45) is 0 Å². The monoisotopic (exact) mass is 400 g/mol. The number of para-hydroxylation sites is 2. The van der Waals surface area contributed by atoms with Gasteiger partial charge in [0.1, 0.15) is 0 Å². The average molecular weight is 400 g/mol. The van der Waals surface area contributed by atoms with Crippen LogP contribution in [0.2, 0.25) is 0 Å². The summed E-state index contributed by atoms with van der Waals surface area (Å²) < 4.78 is 0. The Morgan fingerprint density at radius 1 is 0.900 bits per heavy atom. The number of urea groups is 1. The van der Waals surface area contributed by atoms with Gasteiger partial charge in [-0.15, -0.1) is 0 Å². The molecule has 0 unspecified atom stereocenters. The molecule has 0 radical (unpaired) electrons. The second kappa shape index (κ2) is 8.48. The first-order valence-corrected chi connectivity index (χ1v) is 9.50. The first kappa shape index (κ1) is 19.2. The Morgan fingerprint density at radius 3 is 2.40 bits per heavy atom. The van der Waals surface area contributed by atoms with Crippen molar-refractivity contribution in [1.82, 2.24) is 10.2 Å². The van der Waals surface area contributed by atoms with Crippen molar-refractivity contribution in [3.63, 3.8) is 0 Å². The minimum absolute atomic E-state index is 0.0143. The number of rotatable bonds is 6. The lowest BCUT2D eigenvalue weighted by Gasteiger charge is -2.14. The van der Waals surface area contributed by atoms with E-state index < -0.39 is 6.03 Å². The van der Waals surface area contributed by atoms with Crippen LogP contribution in [0.4, 0.5) is 21.9 Å². The van der Waals surface area contributed by atoms with Crippen LogP contribution in [0.25, 0.3) is 0 Å². The van der Waals surface area contributed by atoms with Gasteiger partial charge in [0.2, 0.25) is 5.91 Å². The lowest BCUT2D eigenvalue weighted by molar-refractivity contribution is -0.125. The third-order valence-corrected chi connectivity index (χ3v) is 4.69. The van der Waals surface area contributed by atoms with E-state index in [-0.39, 0.29) is 24.9 Å². The van der Waals surface area contributed by atoms with E-state index >= 15 is 0 Å². The van der Waals surface area contributed by atoms with Crippen LogP contribution >= 0.6 is 0 Å². The van der Waals surface area contributed by atoms with Crippen molar-refractivity contribution in [3.05, 3.63) is 90.0 Å². The molecular formula is C23H20N4O3. The van der Waals surface area contributed by atoms with Crippen molar-refractivity contribution in [2.45, 2.75) is 6.54 Å². The molecule has 30 heavy (non-hydrogen) atoms. The Morgan fingerprint density at radius 2 is 1.63 bits per heavy atom. The van der Waals surface area contributed by atoms with E-state index in [2.05, 4.69) is 16.0 Å². The Hall–Kier alpha value is -4.13. The van der Waals surface area contributed by atoms with Crippen LogP contribution < -0.4 is 16.0 Å². The lowest BCUT2D eigenvalue weighted by atomic mass is 10.1. The van der Waals surface area contributed by atoms with Crippen molar-refractivity contribution < 1.29 is 14.4 Å². The largest absolute Gasteiger partial charge is 0.355 e. The maximum absolute atomic E-state index is 12.9. The number of carbonyl (C=O) groups excluding carboxylic acids is 3. The van der Waals surface area contributed by atoms with Crippen molar-refractivity contribution in [1.29, 1.82) is 0 Å². The highest BCUT2D eigenvalue weighted by Crippen LogP contribution is 2.22. The zero-order chi connectivity index (χ0) is 20.9. The fourth-order valence-corrected chi connectivity index (χ4v) is 3.21. The van der Waals surface area contributed by atoms with E-state index in [1.54, 1.807) is 36.4 Å². The Kier molecular flexibility index (Phi) is 5.43. The van der Waals surface area contributed by atoms with Gasteiger partial charge in [-0.25, -0.2) is 4.79 Å². The van der Waals surface area contributed by atoms with Crippen LogP contribution in [0.3, 0.4) is 0 Å². The fourth-order valence-electron chi connectivity index (χ4n) is 3.21. The molecule has 3 N–H and O–H groups in total. The highest BCUT2D eigenvalue weighted by molar-refractivity contribution is 6.08. The standard InChI is InChI=1S/C23H20N4O3/c28-21-14-24-23(30)27(21)15-16-7-6-10-18(13-16)26-22(29)19-11-4-5-12-20(19)25-17-8-2-1-3-9-17/h1-13,25H,14-15H2,(H,24,30)(H,26,29). The summed E-state index contributed by atoms with van der Waals surface area (Å²) in [6.07, 6.45) is 0. The predicted octanol–water partition coefficient (Wildman–Crippen LogP) is 3.73. The van der Waals surface area contributed by atoms with Gasteiger partial charge in [0, 0.05) is 11.4 Å². The molecule has 3 aromatic carbocycles. The zero-order valence-corrected chi connectivity index (χ0v) is 16.1. The van der Waals surface area contributed by atoms with Crippen LogP contribution in [0.5, 0.6) is 0 Å². The second-order valence-electron chi connectivity index (χ2n) is 6.83. The molecule has 4 rings (SSSR count). The third-order valence-electron chi connectivity index (χ3n) is 4.69. The molecule has 1 fully saturated rings. The number of imide groups is 1. The summed E-state index contributed by atoms with van der Waals surface area (Å²) in [6, 6.07) is 23.6. The Labute approximate surface area is 173 Å². The van der Waals surface area contributed by atoms with E-state index in [4.69, 9.17) is 0 Å². The lowest BCUT2D eigenvalue weighted by Crippen LogP contribution is -2.30. The normalized spacial score (nSPS) is 13.1. The maximum Gasteiger partial charge on any atom is 0.324 e. The molecule has 1 heterocycles. The highest BCUT2D eigenvalue weighted by atomic mass is 16.2. The molecule has 0 spiro atoms. The molecule has 3 aromatic rings. The second-order valence-corrected chi connectivity index (χ2v) is 6.83. The molecule has 0 bridgehead atoms. The van der Waals surface area contributed by atoms with Gasteiger partial charge in [-0.1, -0.05) is 42.5 Å². The summed E-state index contributed by atoms with van der Waals surface area (Å²) >= 11 is 0. The highest BCUT2D eigenvalue weighted by Gasteiger charge is 2.28. The topological polar surface area (TPSA) is 90.5 Å². The number of nitrogens with one attached hydrogen (secondary N) is 3. The van der Waals surface area contributed by atoms with E-state index in [1.165, 1.54) is 0 Å². The number of anilines is 3. The molecular weight excluding hydrogens is 380 g/mol. The zero-order valence-electron chi connectivity index (χ0n) is 16.1. The summed E-state index contributed by atoms with van der Waals surface area (Å²) in [6.45, 7) is 0.168. The van der Waals surface area contributed by atoms with E-state index in [9.17, 15) is 14.4 Å². The first-order chi connectivity index (χ1) is 14.6. The molecule has 0 atom stereocenters. The van der Waals surface area contributed by atoms with Crippen LogP contribution in [0.1, 0.15) is 15.9 Å². The van der Waals surface area contributed by atoms with E-state index in [1.807, 2.05) is 42.5 Å².